The summed E-state index contributed by atoms with van der Waals surface area (Å²) >= 11 is 0. The van der Waals surface area contributed by atoms with Gasteiger partial charge in [-0.2, -0.15) is 0 Å². The highest BCUT2D eigenvalue weighted by molar-refractivity contribution is 5.70. The van der Waals surface area contributed by atoms with Gasteiger partial charge in [-0.25, -0.2) is 0 Å². The van der Waals surface area contributed by atoms with Crippen molar-refractivity contribution in [2.24, 2.45) is 16.7 Å². The van der Waals surface area contributed by atoms with Crippen LogP contribution in [-0.4, -0.2) is 12.6 Å². The van der Waals surface area contributed by atoms with Crippen LogP contribution in [-0.2, 0) is 9.53 Å². The summed E-state index contributed by atoms with van der Waals surface area (Å²) in [5.74, 6) is 0.521. The Morgan fingerprint density at radius 1 is 1.20 bits per heavy atom. The lowest BCUT2D eigenvalue weighted by Crippen LogP contribution is -2.42. The van der Waals surface area contributed by atoms with Crippen LogP contribution in [0.4, 0.5) is 0 Å². The van der Waals surface area contributed by atoms with Crippen LogP contribution in [0.25, 0.3) is 0 Å². The molecule has 0 amide bonds. The topological polar surface area (TPSA) is 26.3 Å². The second-order valence-electron chi connectivity index (χ2n) is 6.22. The molecule has 0 aromatic carbocycles. The van der Waals surface area contributed by atoms with E-state index in [0.29, 0.717) is 29.8 Å². The van der Waals surface area contributed by atoms with Gasteiger partial charge in [0.05, 0.1) is 6.61 Å². The first-order valence-corrected chi connectivity index (χ1v) is 6.10. The highest BCUT2D eigenvalue weighted by Gasteiger charge is 2.48. The predicted molar refractivity (Wildman–Crippen MR) is 59.4 cm³/mol. The first-order chi connectivity index (χ1) is 6.94. The number of esters is 1. The van der Waals surface area contributed by atoms with Gasteiger partial charge in [0.2, 0.25) is 0 Å². The number of cyclic esters (lactones) is 1. The molecule has 0 radical (unpaired) electrons. The van der Waals surface area contributed by atoms with Crippen LogP contribution in [0.5, 0.6) is 0 Å². The Bertz CT molecular complexity index is 270. The molecule has 0 aromatic rings. The number of carbonyl (C=O) groups is 1. The van der Waals surface area contributed by atoms with Gasteiger partial charge in [-0.15, -0.1) is 0 Å². The van der Waals surface area contributed by atoms with Crippen LogP contribution >= 0.6 is 0 Å². The molecule has 0 unspecified atom stereocenters. The highest BCUT2D eigenvalue weighted by atomic mass is 16.5. The number of hydrogen-bond acceptors (Lipinski definition) is 2. The van der Waals surface area contributed by atoms with E-state index in [-0.39, 0.29) is 5.97 Å². The number of fused-ring (bicyclic) bond motifs is 1. The number of ether oxygens (including phenoxy) is 1. The van der Waals surface area contributed by atoms with E-state index in [1.54, 1.807) is 0 Å². The molecule has 0 aromatic heterocycles. The summed E-state index contributed by atoms with van der Waals surface area (Å²) in [6.07, 6.45) is 5.49. The van der Waals surface area contributed by atoms with Crippen molar-refractivity contribution in [3.63, 3.8) is 0 Å². The number of hydrogen-bond donors (Lipinski definition) is 0. The van der Waals surface area contributed by atoms with E-state index in [9.17, 15) is 4.79 Å². The van der Waals surface area contributed by atoms with E-state index in [4.69, 9.17) is 4.74 Å². The van der Waals surface area contributed by atoms with Crippen molar-refractivity contribution in [3.8, 4) is 0 Å². The van der Waals surface area contributed by atoms with Gasteiger partial charge in [0.25, 0.3) is 0 Å². The van der Waals surface area contributed by atoms with E-state index in [2.05, 4.69) is 20.8 Å². The van der Waals surface area contributed by atoms with Crippen molar-refractivity contribution in [2.75, 3.05) is 6.61 Å². The molecule has 1 saturated carbocycles. The molecule has 0 spiro atoms. The molecule has 1 aliphatic heterocycles. The first kappa shape index (κ1) is 11.0. The molecule has 2 heteroatoms. The zero-order valence-corrected chi connectivity index (χ0v) is 10.1. The Kier molecular flexibility index (Phi) is 2.56. The summed E-state index contributed by atoms with van der Waals surface area (Å²) in [7, 11) is 0. The summed E-state index contributed by atoms with van der Waals surface area (Å²) in [6, 6.07) is 0. The van der Waals surface area contributed by atoms with Gasteiger partial charge >= 0.3 is 5.97 Å². The molecule has 1 heterocycles. The molecule has 86 valence electrons. The molecule has 2 nitrogen and oxygen atoms in total. The average molecular weight is 210 g/mol. The quantitative estimate of drug-likeness (QED) is 0.574. The zero-order chi connectivity index (χ0) is 11.1. The lowest BCUT2D eigenvalue weighted by Gasteiger charge is -2.49. The van der Waals surface area contributed by atoms with E-state index in [1.807, 2.05) is 0 Å². The SMILES string of the molecule is CC1(C)CCC[C@]2(C)CCOC(=O)C[C@@H]12. The smallest absolute Gasteiger partial charge is 0.306 e. The molecule has 1 aliphatic carbocycles. The Morgan fingerprint density at radius 3 is 2.67 bits per heavy atom. The van der Waals surface area contributed by atoms with Crippen LogP contribution in [0, 0.1) is 16.7 Å². The fourth-order valence-corrected chi connectivity index (χ4v) is 3.69. The van der Waals surface area contributed by atoms with Crippen LogP contribution in [0.3, 0.4) is 0 Å². The minimum absolute atomic E-state index is 0.0127. The fraction of sp³-hybridized carbons (Fsp3) is 0.923. The maximum absolute atomic E-state index is 11.5. The first-order valence-electron chi connectivity index (χ1n) is 6.10. The van der Waals surface area contributed by atoms with Crippen molar-refractivity contribution >= 4 is 5.97 Å². The monoisotopic (exact) mass is 210 g/mol. The van der Waals surface area contributed by atoms with Gasteiger partial charge in [-0.05, 0) is 36.0 Å². The molecule has 1 saturated heterocycles. The van der Waals surface area contributed by atoms with Crippen LogP contribution in [0.15, 0.2) is 0 Å². The minimum atomic E-state index is 0.0127. The largest absolute Gasteiger partial charge is 0.466 e. The highest BCUT2D eigenvalue weighted by Crippen LogP contribution is 2.55. The van der Waals surface area contributed by atoms with Gasteiger partial charge in [0.15, 0.2) is 0 Å². The zero-order valence-electron chi connectivity index (χ0n) is 10.1. The van der Waals surface area contributed by atoms with E-state index in [1.165, 1.54) is 19.3 Å². The van der Waals surface area contributed by atoms with E-state index in [0.717, 1.165) is 6.42 Å². The third kappa shape index (κ3) is 1.91. The molecular weight excluding hydrogens is 188 g/mol. The normalized spacial score (nSPS) is 40.2. The van der Waals surface area contributed by atoms with Gasteiger partial charge < -0.3 is 4.74 Å². The Morgan fingerprint density at radius 2 is 1.93 bits per heavy atom. The van der Waals surface area contributed by atoms with Crippen molar-refractivity contribution < 1.29 is 9.53 Å². The molecule has 2 rings (SSSR count). The maximum Gasteiger partial charge on any atom is 0.306 e. The molecule has 2 aliphatic rings. The van der Waals surface area contributed by atoms with Gasteiger partial charge in [0, 0.05) is 6.42 Å². The lowest BCUT2D eigenvalue weighted by atomic mass is 9.55. The summed E-state index contributed by atoms with van der Waals surface area (Å²) in [5.41, 5.74) is 0.629. The summed E-state index contributed by atoms with van der Waals surface area (Å²) in [4.78, 5) is 11.5. The standard InChI is InChI=1S/C13H22O2/c1-12(2)5-4-6-13(3)7-8-15-11(14)9-10(12)13/h10H,4-9H2,1-3H3/t10-,13+/m0/s1. The average Bonchev–Trinajstić information content (AvgIpc) is 2.25. The van der Waals surface area contributed by atoms with E-state index >= 15 is 0 Å². The van der Waals surface area contributed by atoms with Gasteiger partial charge in [0.1, 0.15) is 0 Å². The molecule has 0 N–H and O–H groups in total. The number of carbonyl (C=O) groups excluding carboxylic acids is 1. The lowest BCUT2D eigenvalue weighted by molar-refractivity contribution is -0.144. The summed E-state index contributed by atoms with van der Waals surface area (Å²) < 4.78 is 5.21. The summed E-state index contributed by atoms with van der Waals surface area (Å²) in [5, 5.41) is 0. The predicted octanol–water partition coefficient (Wildman–Crippen LogP) is 3.16. The molecule has 2 fully saturated rings. The molecular formula is C13H22O2. The second kappa shape index (κ2) is 3.50. The van der Waals surface area contributed by atoms with Crippen LogP contribution in [0.1, 0.15) is 52.9 Å². The Labute approximate surface area is 92.4 Å². The van der Waals surface area contributed by atoms with Crippen LogP contribution in [0.2, 0.25) is 0 Å². The Balaban J connectivity index is 2.28. The van der Waals surface area contributed by atoms with Crippen molar-refractivity contribution in [2.45, 2.75) is 52.9 Å². The van der Waals surface area contributed by atoms with Crippen molar-refractivity contribution in [3.05, 3.63) is 0 Å². The molecule has 2 atom stereocenters. The Hall–Kier alpha value is -0.530. The third-order valence-electron chi connectivity index (χ3n) is 4.66. The minimum Gasteiger partial charge on any atom is -0.466 e. The van der Waals surface area contributed by atoms with Crippen molar-refractivity contribution in [1.29, 1.82) is 0 Å². The number of rotatable bonds is 0. The maximum atomic E-state index is 11.5. The third-order valence-corrected chi connectivity index (χ3v) is 4.66. The molecule has 15 heavy (non-hydrogen) atoms. The summed E-state index contributed by atoms with van der Waals surface area (Å²) in [6.45, 7) is 7.60. The second-order valence-corrected chi connectivity index (χ2v) is 6.22. The van der Waals surface area contributed by atoms with Crippen LogP contribution < -0.4 is 0 Å². The molecule has 0 bridgehead atoms. The van der Waals surface area contributed by atoms with Gasteiger partial charge in [-0.1, -0.05) is 27.2 Å². The van der Waals surface area contributed by atoms with Crippen molar-refractivity contribution in [1.82, 2.24) is 0 Å². The fourth-order valence-electron chi connectivity index (χ4n) is 3.69. The van der Waals surface area contributed by atoms with Gasteiger partial charge in [-0.3, -0.25) is 4.79 Å². The van der Waals surface area contributed by atoms with E-state index < -0.39 is 0 Å².